The van der Waals surface area contributed by atoms with Crippen LogP contribution in [0.5, 0.6) is 0 Å². The van der Waals surface area contributed by atoms with Crippen LogP contribution in [0.3, 0.4) is 0 Å². The summed E-state index contributed by atoms with van der Waals surface area (Å²) in [4.78, 5) is 0. The molecule has 2 nitrogen and oxygen atoms in total. The standard InChI is InChI=1S/C14H16F2N2/c15-9-4-8(17)5-10(16)13(9)18-14-11-6-1-2-7(3-6)12(11)14/h4-7,11-12,14,18H,1-3,17H2. The number of nitrogens with two attached hydrogens (primary N) is 1. The molecule has 0 aromatic heterocycles. The first-order valence-electron chi connectivity index (χ1n) is 6.66. The first-order valence-corrected chi connectivity index (χ1v) is 6.66. The Kier molecular flexibility index (Phi) is 1.98. The van der Waals surface area contributed by atoms with E-state index in [0.717, 1.165) is 11.8 Å². The van der Waals surface area contributed by atoms with Crippen LogP contribution in [0.2, 0.25) is 0 Å². The highest BCUT2D eigenvalue weighted by Gasteiger charge is 2.65. The van der Waals surface area contributed by atoms with Gasteiger partial charge in [0.2, 0.25) is 0 Å². The fourth-order valence-electron chi connectivity index (χ4n) is 4.42. The lowest BCUT2D eigenvalue weighted by atomic mass is 10.0. The highest BCUT2D eigenvalue weighted by atomic mass is 19.1. The van der Waals surface area contributed by atoms with Crippen molar-refractivity contribution in [3.8, 4) is 0 Å². The Morgan fingerprint density at radius 1 is 1.06 bits per heavy atom. The minimum absolute atomic E-state index is 0.00278. The Morgan fingerprint density at radius 2 is 1.61 bits per heavy atom. The lowest BCUT2D eigenvalue weighted by molar-refractivity contribution is 0.456. The third-order valence-electron chi connectivity index (χ3n) is 5.11. The molecule has 1 aromatic carbocycles. The van der Waals surface area contributed by atoms with Gasteiger partial charge in [0.15, 0.2) is 11.6 Å². The molecular formula is C14H16F2N2. The van der Waals surface area contributed by atoms with E-state index in [1.54, 1.807) is 0 Å². The summed E-state index contributed by atoms with van der Waals surface area (Å²) in [7, 11) is 0. The van der Waals surface area contributed by atoms with Crippen LogP contribution in [0.1, 0.15) is 19.3 Å². The summed E-state index contributed by atoms with van der Waals surface area (Å²) in [6.07, 6.45) is 3.94. The fraction of sp³-hybridized carbons (Fsp3) is 0.571. The number of nitrogen functional groups attached to an aromatic ring is 1. The van der Waals surface area contributed by atoms with Crippen molar-refractivity contribution in [1.29, 1.82) is 0 Å². The zero-order chi connectivity index (χ0) is 12.4. The molecule has 0 amide bonds. The van der Waals surface area contributed by atoms with Gasteiger partial charge >= 0.3 is 0 Å². The minimum Gasteiger partial charge on any atom is -0.399 e. The smallest absolute Gasteiger partial charge is 0.151 e. The maximum absolute atomic E-state index is 13.7. The average Bonchev–Trinajstić information content (AvgIpc) is 2.69. The molecule has 4 atom stereocenters. The monoisotopic (exact) mass is 250 g/mol. The van der Waals surface area contributed by atoms with Gasteiger partial charge in [-0.2, -0.15) is 0 Å². The van der Waals surface area contributed by atoms with Crippen LogP contribution in [-0.2, 0) is 0 Å². The van der Waals surface area contributed by atoms with Gasteiger partial charge in [0.1, 0.15) is 5.69 Å². The topological polar surface area (TPSA) is 38.0 Å². The number of nitrogens with one attached hydrogen (secondary N) is 1. The lowest BCUT2D eigenvalue weighted by Crippen LogP contribution is -2.15. The maximum Gasteiger partial charge on any atom is 0.151 e. The van der Waals surface area contributed by atoms with Gasteiger partial charge < -0.3 is 11.1 Å². The Labute approximate surface area is 105 Å². The zero-order valence-electron chi connectivity index (χ0n) is 10.00. The number of anilines is 2. The molecule has 0 radical (unpaired) electrons. The van der Waals surface area contributed by atoms with Gasteiger partial charge in [-0.3, -0.25) is 0 Å². The fourth-order valence-corrected chi connectivity index (χ4v) is 4.42. The second kappa shape index (κ2) is 3.37. The van der Waals surface area contributed by atoms with Crippen LogP contribution in [0.4, 0.5) is 20.2 Å². The molecule has 0 heterocycles. The molecule has 0 aliphatic heterocycles. The first-order chi connectivity index (χ1) is 8.65. The minimum atomic E-state index is -0.579. The van der Waals surface area contributed by atoms with E-state index < -0.39 is 11.6 Å². The molecule has 0 saturated heterocycles. The van der Waals surface area contributed by atoms with E-state index in [1.807, 2.05) is 0 Å². The van der Waals surface area contributed by atoms with Crippen molar-refractivity contribution in [3.05, 3.63) is 23.8 Å². The number of rotatable bonds is 2. The maximum atomic E-state index is 13.7. The van der Waals surface area contributed by atoms with Crippen LogP contribution in [-0.4, -0.2) is 6.04 Å². The van der Waals surface area contributed by atoms with Gasteiger partial charge in [-0.15, -0.1) is 0 Å². The van der Waals surface area contributed by atoms with E-state index in [0.29, 0.717) is 11.8 Å². The second-order valence-electron chi connectivity index (χ2n) is 6.02. The molecule has 4 unspecified atom stereocenters. The van der Waals surface area contributed by atoms with Gasteiger partial charge in [0.25, 0.3) is 0 Å². The summed E-state index contributed by atoms with van der Waals surface area (Å²) in [6.45, 7) is 0. The van der Waals surface area contributed by atoms with Crippen LogP contribution in [0.15, 0.2) is 12.1 Å². The third kappa shape index (κ3) is 1.32. The first kappa shape index (κ1) is 10.6. The summed E-state index contributed by atoms with van der Waals surface area (Å²) < 4.78 is 27.4. The molecule has 18 heavy (non-hydrogen) atoms. The molecule has 3 saturated carbocycles. The molecule has 0 spiro atoms. The molecule has 3 N–H and O–H groups in total. The van der Waals surface area contributed by atoms with Crippen molar-refractivity contribution in [3.63, 3.8) is 0 Å². The van der Waals surface area contributed by atoms with E-state index in [-0.39, 0.29) is 17.4 Å². The number of hydrogen-bond acceptors (Lipinski definition) is 2. The predicted octanol–water partition coefficient (Wildman–Crippen LogP) is 3.00. The summed E-state index contributed by atoms with van der Waals surface area (Å²) in [5, 5.41) is 3.08. The van der Waals surface area contributed by atoms with E-state index in [1.165, 1.54) is 31.4 Å². The van der Waals surface area contributed by atoms with Gasteiger partial charge in [-0.1, -0.05) is 0 Å². The summed E-state index contributed by atoms with van der Waals surface area (Å²) in [5.41, 5.74) is 5.55. The molecule has 3 aliphatic rings. The summed E-state index contributed by atoms with van der Waals surface area (Å²) in [5.74, 6) is 1.73. The van der Waals surface area contributed by atoms with Gasteiger partial charge in [-0.05, 0) is 55.1 Å². The summed E-state index contributed by atoms with van der Waals surface area (Å²) >= 11 is 0. The number of fused-ring (bicyclic) bond motifs is 5. The quantitative estimate of drug-likeness (QED) is 0.792. The summed E-state index contributed by atoms with van der Waals surface area (Å²) in [6, 6.07) is 2.64. The van der Waals surface area contributed by atoms with Crippen molar-refractivity contribution in [2.45, 2.75) is 25.3 Å². The van der Waals surface area contributed by atoms with Gasteiger partial charge in [0, 0.05) is 11.7 Å². The van der Waals surface area contributed by atoms with Crippen LogP contribution in [0.25, 0.3) is 0 Å². The zero-order valence-corrected chi connectivity index (χ0v) is 10.00. The van der Waals surface area contributed by atoms with E-state index in [4.69, 9.17) is 5.73 Å². The van der Waals surface area contributed by atoms with Gasteiger partial charge in [-0.25, -0.2) is 8.78 Å². The van der Waals surface area contributed by atoms with Crippen molar-refractivity contribution < 1.29 is 8.78 Å². The second-order valence-corrected chi connectivity index (χ2v) is 6.02. The third-order valence-corrected chi connectivity index (χ3v) is 5.11. The number of hydrogen-bond donors (Lipinski definition) is 2. The Balaban J connectivity index is 1.57. The molecule has 1 aromatic rings. The highest BCUT2D eigenvalue weighted by Crippen LogP contribution is 2.66. The van der Waals surface area contributed by atoms with Crippen LogP contribution >= 0.6 is 0 Å². The molecule has 96 valence electrons. The Hall–Kier alpha value is -1.32. The number of benzene rings is 1. The van der Waals surface area contributed by atoms with Crippen molar-refractivity contribution in [2.24, 2.45) is 23.7 Å². The van der Waals surface area contributed by atoms with Crippen molar-refractivity contribution in [1.82, 2.24) is 0 Å². The van der Waals surface area contributed by atoms with Gasteiger partial charge in [0.05, 0.1) is 0 Å². The normalized spacial score (nSPS) is 39.8. The molecule has 4 heteroatoms. The van der Waals surface area contributed by atoms with Crippen molar-refractivity contribution in [2.75, 3.05) is 11.1 Å². The lowest BCUT2D eigenvalue weighted by Gasteiger charge is -2.13. The molecule has 4 rings (SSSR count). The molecular weight excluding hydrogens is 234 g/mol. The molecule has 3 aliphatic carbocycles. The Morgan fingerprint density at radius 3 is 2.17 bits per heavy atom. The highest BCUT2D eigenvalue weighted by molar-refractivity contribution is 5.55. The van der Waals surface area contributed by atoms with Crippen LogP contribution in [0, 0.1) is 35.3 Å². The van der Waals surface area contributed by atoms with Crippen molar-refractivity contribution >= 4 is 11.4 Å². The van der Waals surface area contributed by atoms with E-state index in [9.17, 15) is 8.78 Å². The molecule has 3 fully saturated rings. The SMILES string of the molecule is Nc1cc(F)c(NC2C3C4CCC(C4)C23)c(F)c1. The number of halogens is 2. The predicted molar refractivity (Wildman–Crippen MR) is 66.0 cm³/mol. The van der Waals surface area contributed by atoms with Crippen LogP contribution < -0.4 is 11.1 Å². The van der Waals surface area contributed by atoms with E-state index >= 15 is 0 Å². The largest absolute Gasteiger partial charge is 0.399 e. The van der Waals surface area contributed by atoms with E-state index in [2.05, 4.69) is 5.32 Å². The molecule has 2 bridgehead atoms. The average molecular weight is 250 g/mol. The Bertz CT molecular complexity index is 478.